The average molecular weight is 236 g/mol. The van der Waals surface area contributed by atoms with Crippen molar-refractivity contribution in [2.45, 2.75) is 0 Å². The van der Waals surface area contributed by atoms with Gasteiger partial charge in [-0.2, -0.15) is 0 Å². The normalized spacial score (nSPS) is 11.4. The van der Waals surface area contributed by atoms with Crippen LogP contribution in [0.15, 0.2) is 18.2 Å². The summed E-state index contributed by atoms with van der Waals surface area (Å²) in [6.07, 6.45) is 0. The quantitative estimate of drug-likeness (QED) is 0.828. The lowest BCUT2D eigenvalue weighted by atomic mass is 10.3. The third-order valence-electron chi connectivity index (χ3n) is 1.49. The largest absolute Gasteiger partial charge is 0.576 e. The minimum atomic E-state index is -3.69. The Balaban J connectivity index is 2.90. The highest BCUT2D eigenvalue weighted by Crippen LogP contribution is 2.24. The lowest BCUT2D eigenvalue weighted by Gasteiger charge is -2.20. The van der Waals surface area contributed by atoms with Crippen LogP contribution in [0.25, 0.3) is 4.72 Å². The minimum absolute atomic E-state index is 0.156. The summed E-state index contributed by atoms with van der Waals surface area (Å²) >= 11 is 0. The molecule has 0 amide bonds. The maximum absolute atomic E-state index is 12.7. The van der Waals surface area contributed by atoms with Crippen molar-refractivity contribution in [3.05, 3.63) is 34.6 Å². The lowest BCUT2D eigenvalue weighted by molar-refractivity contribution is -0.360. The van der Waals surface area contributed by atoms with Crippen LogP contribution in [-0.2, 0) is 10.0 Å². The fraction of sp³-hybridized carbons (Fsp3) is 0.250. The molecule has 7 heteroatoms. The molecule has 0 fully saturated rings. The van der Waals surface area contributed by atoms with Gasteiger partial charge in [-0.3, -0.25) is 0 Å². The summed E-state index contributed by atoms with van der Waals surface area (Å²) in [6.45, 7) is 0.156. The maximum Gasteiger partial charge on any atom is 0.124 e. The van der Waals surface area contributed by atoms with E-state index in [0.29, 0.717) is 6.07 Å². The van der Waals surface area contributed by atoms with Crippen molar-refractivity contribution in [2.24, 2.45) is 0 Å². The Morgan fingerprint density at radius 3 is 2.20 bits per heavy atom. The van der Waals surface area contributed by atoms with Crippen molar-refractivity contribution in [1.29, 1.82) is 0 Å². The molecule has 0 radical (unpaired) electrons. The standard InChI is InChI=1S/C8H9F2N2O2S/c9-6-3-7(10)5-8(4-6)12-15(13,14)2-1-11/h3-5H,1-2,11H2/q-1/p+1. The molecule has 0 spiro atoms. The van der Waals surface area contributed by atoms with Crippen LogP contribution in [0.5, 0.6) is 0 Å². The molecule has 0 aromatic heterocycles. The van der Waals surface area contributed by atoms with Gasteiger partial charge in [-0.05, 0) is 12.1 Å². The average Bonchev–Trinajstić information content (AvgIpc) is 1.99. The van der Waals surface area contributed by atoms with Gasteiger partial charge < -0.3 is 10.5 Å². The minimum Gasteiger partial charge on any atom is -0.576 e. The predicted molar refractivity (Wildman–Crippen MR) is 50.9 cm³/mol. The molecule has 1 rings (SSSR count). The van der Waals surface area contributed by atoms with Gasteiger partial charge in [0.1, 0.15) is 11.6 Å². The van der Waals surface area contributed by atoms with Gasteiger partial charge >= 0.3 is 0 Å². The van der Waals surface area contributed by atoms with E-state index in [0.717, 1.165) is 12.1 Å². The predicted octanol–water partition coefficient (Wildman–Crippen LogP) is 0.542. The summed E-state index contributed by atoms with van der Waals surface area (Å²) in [6, 6.07) is 2.35. The van der Waals surface area contributed by atoms with E-state index in [4.69, 9.17) is 0 Å². The van der Waals surface area contributed by atoms with Gasteiger partial charge in [-0.1, -0.05) is 0 Å². The second-order valence-corrected chi connectivity index (χ2v) is 4.61. The molecule has 1 aromatic carbocycles. The maximum atomic E-state index is 12.7. The van der Waals surface area contributed by atoms with E-state index in [-0.39, 0.29) is 18.0 Å². The molecule has 15 heavy (non-hydrogen) atoms. The van der Waals surface area contributed by atoms with Crippen LogP contribution >= 0.6 is 0 Å². The molecule has 0 unspecified atom stereocenters. The van der Waals surface area contributed by atoms with E-state index in [1.165, 1.54) is 0 Å². The summed E-state index contributed by atoms with van der Waals surface area (Å²) in [5.41, 5.74) is 3.11. The Labute approximate surface area is 86.1 Å². The summed E-state index contributed by atoms with van der Waals surface area (Å²) in [5, 5.41) is 0. The van der Waals surface area contributed by atoms with E-state index in [2.05, 4.69) is 10.5 Å². The van der Waals surface area contributed by atoms with Gasteiger partial charge in [-0.25, -0.2) is 17.2 Å². The highest BCUT2D eigenvalue weighted by atomic mass is 32.2. The van der Waals surface area contributed by atoms with Crippen molar-refractivity contribution in [3.8, 4) is 0 Å². The Kier molecular flexibility index (Phi) is 3.59. The van der Waals surface area contributed by atoms with Gasteiger partial charge in [0.25, 0.3) is 0 Å². The van der Waals surface area contributed by atoms with Gasteiger partial charge in [-0.15, -0.1) is 5.69 Å². The highest BCUT2D eigenvalue weighted by molar-refractivity contribution is 7.94. The van der Waals surface area contributed by atoms with Crippen LogP contribution < -0.4 is 5.73 Å². The third-order valence-corrected chi connectivity index (χ3v) is 2.79. The summed E-state index contributed by atoms with van der Waals surface area (Å²) in [7, 11) is -3.69. The van der Waals surface area contributed by atoms with Crippen LogP contribution in [0.4, 0.5) is 14.5 Å². The van der Waals surface area contributed by atoms with Crippen LogP contribution in [0.2, 0.25) is 0 Å². The lowest BCUT2D eigenvalue weighted by Crippen LogP contribution is -2.52. The number of nitrogens with zero attached hydrogens (tertiary/aromatic N) is 1. The monoisotopic (exact) mass is 236 g/mol. The molecule has 84 valence electrons. The summed E-state index contributed by atoms with van der Waals surface area (Å²) in [4.78, 5) is 0. The molecule has 3 N–H and O–H groups in total. The van der Waals surface area contributed by atoms with Crippen molar-refractivity contribution in [2.75, 3.05) is 12.3 Å². The molecule has 0 saturated heterocycles. The van der Waals surface area contributed by atoms with E-state index in [9.17, 15) is 17.2 Å². The fourth-order valence-electron chi connectivity index (χ4n) is 0.981. The molecule has 0 aliphatic heterocycles. The van der Waals surface area contributed by atoms with Crippen molar-refractivity contribution < 1.29 is 22.9 Å². The second kappa shape index (κ2) is 4.54. The Morgan fingerprint density at radius 1 is 1.20 bits per heavy atom. The number of benzene rings is 1. The van der Waals surface area contributed by atoms with Crippen molar-refractivity contribution in [3.63, 3.8) is 0 Å². The zero-order valence-electron chi connectivity index (χ0n) is 7.78. The zero-order valence-corrected chi connectivity index (χ0v) is 8.60. The first kappa shape index (κ1) is 11.9. The van der Waals surface area contributed by atoms with Crippen LogP contribution in [-0.4, -0.2) is 20.7 Å². The third kappa shape index (κ3) is 3.80. The molecular formula is C8H10F2N2O2S. The van der Waals surface area contributed by atoms with Gasteiger partial charge in [0.05, 0.1) is 22.3 Å². The molecule has 0 aliphatic carbocycles. The zero-order chi connectivity index (χ0) is 11.5. The number of sulfonamides is 1. The smallest absolute Gasteiger partial charge is 0.124 e. The van der Waals surface area contributed by atoms with E-state index in [1.807, 2.05) is 0 Å². The molecular weight excluding hydrogens is 226 g/mol. The number of rotatable bonds is 4. The number of quaternary nitrogens is 1. The first-order valence-corrected chi connectivity index (χ1v) is 5.75. The van der Waals surface area contributed by atoms with Crippen LogP contribution in [0, 0.1) is 11.6 Å². The number of hydrogen-bond acceptors (Lipinski definition) is 2. The van der Waals surface area contributed by atoms with Crippen LogP contribution in [0.3, 0.4) is 0 Å². The topological polar surface area (TPSA) is 75.9 Å². The molecule has 0 atom stereocenters. The first-order chi connectivity index (χ1) is 6.93. The Morgan fingerprint density at radius 2 is 1.73 bits per heavy atom. The van der Waals surface area contributed by atoms with E-state index < -0.39 is 21.7 Å². The summed E-state index contributed by atoms with van der Waals surface area (Å²) in [5.74, 6) is -1.97. The van der Waals surface area contributed by atoms with E-state index >= 15 is 0 Å². The molecule has 1 aromatic rings. The van der Waals surface area contributed by atoms with Gasteiger partial charge in [0, 0.05) is 6.07 Å². The van der Waals surface area contributed by atoms with Crippen LogP contribution in [0.1, 0.15) is 0 Å². The second-order valence-electron chi connectivity index (χ2n) is 2.86. The van der Waals surface area contributed by atoms with Gasteiger partial charge in [0.15, 0.2) is 0 Å². The Bertz CT molecular complexity index is 428. The molecule has 0 bridgehead atoms. The molecule has 4 nitrogen and oxygen atoms in total. The van der Waals surface area contributed by atoms with E-state index in [1.54, 1.807) is 0 Å². The Hall–Kier alpha value is -1.21. The highest BCUT2D eigenvalue weighted by Gasteiger charge is 2.01. The number of hydrogen-bond donors (Lipinski definition) is 1. The summed E-state index contributed by atoms with van der Waals surface area (Å²) < 4.78 is 51.0. The van der Waals surface area contributed by atoms with Gasteiger partial charge in [0.2, 0.25) is 0 Å². The van der Waals surface area contributed by atoms with Crippen molar-refractivity contribution in [1.82, 2.24) is 0 Å². The number of halogens is 2. The fourth-order valence-corrected chi connectivity index (χ4v) is 1.86. The SMILES string of the molecule is [NH3+]CCS(=O)(=O)[N-]c1cc(F)cc(F)c1. The molecule has 0 heterocycles. The molecule has 0 aliphatic rings. The molecule has 0 saturated carbocycles. The first-order valence-electron chi connectivity index (χ1n) is 4.14. The van der Waals surface area contributed by atoms with Crippen molar-refractivity contribution >= 4 is 15.7 Å².